The molecular formula is C15H26O. The highest BCUT2D eigenvalue weighted by Crippen LogP contribution is 2.68. The van der Waals surface area contributed by atoms with E-state index in [1.54, 1.807) is 0 Å². The van der Waals surface area contributed by atoms with Crippen LogP contribution in [0, 0.1) is 28.1 Å². The number of aliphatic hydroxyl groups is 1. The summed E-state index contributed by atoms with van der Waals surface area (Å²) >= 11 is 0. The van der Waals surface area contributed by atoms with Gasteiger partial charge in [-0.3, -0.25) is 0 Å². The maximum atomic E-state index is 10.6. The van der Waals surface area contributed by atoms with Crippen molar-refractivity contribution in [1.82, 2.24) is 0 Å². The van der Waals surface area contributed by atoms with Gasteiger partial charge in [-0.05, 0) is 60.2 Å². The summed E-state index contributed by atoms with van der Waals surface area (Å²) in [6, 6.07) is 0. The van der Waals surface area contributed by atoms with Gasteiger partial charge in [0.15, 0.2) is 0 Å². The van der Waals surface area contributed by atoms with Crippen LogP contribution < -0.4 is 0 Å². The Balaban J connectivity index is 1.98. The molecule has 3 aliphatic carbocycles. The molecule has 0 aliphatic heterocycles. The Morgan fingerprint density at radius 3 is 2.31 bits per heavy atom. The van der Waals surface area contributed by atoms with Gasteiger partial charge in [-0.1, -0.05) is 27.7 Å². The van der Waals surface area contributed by atoms with Crippen LogP contribution in [-0.2, 0) is 0 Å². The van der Waals surface area contributed by atoms with Gasteiger partial charge in [0.2, 0.25) is 0 Å². The number of rotatable bonds is 0. The minimum absolute atomic E-state index is 0.0462. The van der Waals surface area contributed by atoms with E-state index >= 15 is 0 Å². The summed E-state index contributed by atoms with van der Waals surface area (Å²) in [5.41, 5.74) is 0.973. The lowest BCUT2D eigenvalue weighted by Crippen LogP contribution is -2.48. The molecule has 3 aliphatic rings. The van der Waals surface area contributed by atoms with Gasteiger partial charge in [0, 0.05) is 0 Å². The zero-order valence-electron chi connectivity index (χ0n) is 11.2. The summed E-state index contributed by atoms with van der Waals surface area (Å²) in [7, 11) is 0. The fourth-order valence-corrected chi connectivity index (χ4v) is 5.51. The number of aliphatic hydroxyl groups excluding tert-OH is 1. The third-order valence-electron chi connectivity index (χ3n) is 6.25. The summed E-state index contributed by atoms with van der Waals surface area (Å²) < 4.78 is 0. The van der Waals surface area contributed by atoms with Crippen molar-refractivity contribution in [3.8, 4) is 0 Å². The van der Waals surface area contributed by atoms with Crippen LogP contribution in [0.3, 0.4) is 0 Å². The molecule has 1 nitrogen and oxygen atoms in total. The molecule has 16 heavy (non-hydrogen) atoms. The van der Waals surface area contributed by atoms with Gasteiger partial charge >= 0.3 is 0 Å². The lowest BCUT2D eigenvalue weighted by molar-refractivity contribution is -0.0933. The zero-order valence-corrected chi connectivity index (χ0v) is 11.2. The molecule has 0 radical (unpaired) electrons. The van der Waals surface area contributed by atoms with Crippen molar-refractivity contribution in [3.63, 3.8) is 0 Å². The van der Waals surface area contributed by atoms with Gasteiger partial charge in [-0.15, -0.1) is 0 Å². The summed E-state index contributed by atoms with van der Waals surface area (Å²) in [5, 5.41) is 10.6. The molecule has 92 valence electrons. The maximum absolute atomic E-state index is 10.6. The molecule has 3 rings (SSSR count). The summed E-state index contributed by atoms with van der Waals surface area (Å²) in [4.78, 5) is 0. The van der Waals surface area contributed by atoms with E-state index in [4.69, 9.17) is 0 Å². The van der Waals surface area contributed by atoms with Crippen LogP contribution >= 0.6 is 0 Å². The van der Waals surface area contributed by atoms with Crippen LogP contribution in [-0.4, -0.2) is 11.2 Å². The maximum Gasteiger partial charge on any atom is 0.0650 e. The second-order valence-electron chi connectivity index (χ2n) is 8.21. The molecule has 0 aromatic heterocycles. The SMILES string of the molecule is CC1(C)C[C@H]2C[C@]3(C)CC[C@@](C)([C@@H]3O)[C@H]2C1. The van der Waals surface area contributed by atoms with Crippen LogP contribution in [0.15, 0.2) is 0 Å². The number of fused-ring (bicyclic) bond motifs is 4. The van der Waals surface area contributed by atoms with E-state index < -0.39 is 0 Å². The van der Waals surface area contributed by atoms with Crippen molar-refractivity contribution in [2.45, 2.75) is 65.9 Å². The molecule has 1 heteroatoms. The van der Waals surface area contributed by atoms with Crippen LogP contribution in [0.1, 0.15) is 59.8 Å². The Hall–Kier alpha value is -0.0400. The summed E-state index contributed by atoms with van der Waals surface area (Å²) in [6.07, 6.45) is 6.45. The van der Waals surface area contributed by atoms with Gasteiger partial charge in [0.05, 0.1) is 6.10 Å². The van der Waals surface area contributed by atoms with Gasteiger partial charge in [-0.25, -0.2) is 0 Å². The monoisotopic (exact) mass is 222 g/mol. The third kappa shape index (κ3) is 1.21. The first kappa shape index (κ1) is 11.1. The predicted octanol–water partition coefficient (Wildman–Crippen LogP) is 3.61. The molecule has 0 unspecified atom stereocenters. The van der Waals surface area contributed by atoms with Crippen LogP contribution in [0.2, 0.25) is 0 Å². The Bertz CT molecular complexity index is 321. The van der Waals surface area contributed by atoms with Crippen LogP contribution in [0.5, 0.6) is 0 Å². The Morgan fingerprint density at radius 2 is 1.62 bits per heavy atom. The topological polar surface area (TPSA) is 20.2 Å². The Kier molecular flexibility index (Phi) is 1.98. The van der Waals surface area contributed by atoms with Gasteiger partial charge in [0.25, 0.3) is 0 Å². The molecule has 0 saturated heterocycles. The molecule has 2 bridgehead atoms. The van der Waals surface area contributed by atoms with Crippen molar-refractivity contribution < 1.29 is 5.11 Å². The van der Waals surface area contributed by atoms with Gasteiger partial charge < -0.3 is 5.11 Å². The highest BCUT2D eigenvalue weighted by Gasteiger charge is 2.63. The van der Waals surface area contributed by atoms with Crippen molar-refractivity contribution >= 4 is 0 Å². The quantitative estimate of drug-likeness (QED) is 0.664. The molecule has 5 atom stereocenters. The molecule has 0 amide bonds. The van der Waals surface area contributed by atoms with Crippen molar-refractivity contribution in [3.05, 3.63) is 0 Å². The highest BCUT2D eigenvalue weighted by atomic mass is 16.3. The predicted molar refractivity (Wildman–Crippen MR) is 66.1 cm³/mol. The van der Waals surface area contributed by atoms with Gasteiger partial charge in [-0.2, -0.15) is 0 Å². The highest BCUT2D eigenvalue weighted by molar-refractivity contribution is 5.13. The molecule has 0 aromatic carbocycles. The Labute approximate surface area is 99.6 Å². The van der Waals surface area contributed by atoms with E-state index in [2.05, 4.69) is 27.7 Å². The first-order chi connectivity index (χ1) is 7.27. The summed E-state index contributed by atoms with van der Waals surface area (Å²) in [6.45, 7) is 9.51. The molecule has 0 spiro atoms. The minimum Gasteiger partial charge on any atom is -0.392 e. The van der Waals surface area contributed by atoms with Crippen molar-refractivity contribution in [1.29, 1.82) is 0 Å². The fraction of sp³-hybridized carbons (Fsp3) is 1.00. The lowest BCUT2D eigenvalue weighted by atomic mass is 9.59. The lowest BCUT2D eigenvalue weighted by Gasteiger charge is -2.48. The summed E-state index contributed by atoms with van der Waals surface area (Å²) in [5.74, 6) is 1.67. The second-order valence-corrected chi connectivity index (χ2v) is 8.21. The average molecular weight is 222 g/mol. The van der Waals surface area contributed by atoms with Crippen LogP contribution in [0.4, 0.5) is 0 Å². The minimum atomic E-state index is -0.0462. The van der Waals surface area contributed by atoms with Crippen molar-refractivity contribution in [2.75, 3.05) is 0 Å². The number of hydrogen-bond donors (Lipinski definition) is 1. The van der Waals surface area contributed by atoms with Crippen LogP contribution in [0.25, 0.3) is 0 Å². The van der Waals surface area contributed by atoms with E-state index in [-0.39, 0.29) is 16.9 Å². The standard InChI is InChI=1S/C15H26O/c1-13(2)7-10-8-14(3)5-6-15(4,12(14)16)11(10)9-13/h10-12,16H,5-9H2,1-4H3/t10-,11-,12+,14-,15+/m0/s1. The van der Waals surface area contributed by atoms with Gasteiger partial charge in [0.1, 0.15) is 0 Å². The third-order valence-corrected chi connectivity index (χ3v) is 6.25. The fourth-order valence-electron chi connectivity index (χ4n) is 5.51. The molecule has 1 N–H and O–H groups in total. The number of hydrogen-bond acceptors (Lipinski definition) is 1. The van der Waals surface area contributed by atoms with E-state index in [1.807, 2.05) is 0 Å². The Morgan fingerprint density at radius 1 is 0.938 bits per heavy atom. The first-order valence-corrected chi connectivity index (χ1v) is 6.95. The van der Waals surface area contributed by atoms with E-state index in [9.17, 15) is 5.11 Å². The smallest absolute Gasteiger partial charge is 0.0650 e. The second kappa shape index (κ2) is 2.85. The first-order valence-electron chi connectivity index (χ1n) is 6.95. The van der Waals surface area contributed by atoms with Crippen molar-refractivity contribution in [2.24, 2.45) is 28.1 Å². The average Bonchev–Trinajstić information content (AvgIpc) is 2.54. The van der Waals surface area contributed by atoms with E-state index in [1.165, 1.54) is 32.1 Å². The molecule has 0 heterocycles. The molecule has 0 aromatic rings. The normalized spacial score (nSPS) is 58.7. The molecule has 3 saturated carbocycles. The largest absolute Gasteiger partial charge is 0.392 e. The van der Waals surface area contributed by atoms with E-state index in [0.29, 0.717) is 5.41 Å². The van der Waals surface area contributed by atoms with E-state index in [0.717, 1.165) is 11.8 Å². The zero-order chi connectivity index (χ0) is 11.8. The molecule has 3 fully saturated rings. The molecular weight excluding hydrogens is 196 g/mol.